The maximum atomic E-state index is 11.6. The van der Waals surface area contributed by atoms with Crippen LogP contribution in [0.5, 0.6) is 0 Å². The van der Waals surface area contributed by atoms with Gasteiger partial charge in [-0.25, -0.2) is 9.78 Å². The molecule has 5 heteroatoms. The number of rotatable bonds is 4. The van der Waals surface area contributed by atoms with E-state index in [-0.39, 0.29) is 17.2 Å². The Morgan fingerprint density at radius 3 is 2.94 bits per heavy atom. The standard InChI is InChI=1S/C12H12N2O3/c1-2-3-4-6-14-11(15)9-5-7-13-10(8-9)12(16)17/h5,7-8H,4,6H2,1H3,(H,14,15)(H,16,17). The van der Waals surface area contributed by atoms with Crippen molar-refractivity contribution < 1.29 is 14.7 Å². The molecule has 0 unspecified atom stereocenters. The van der Waals surface area contributed by atoms with Gasteiger partial charge in [-0.15, -0.1) is 11.8 Å². The molecular weight excluding hydrogens is 220 g/mol. The number of nitrogens with zero attached hydrogens (tertiary/aromatic N) is 1. The van der Waals surface area contributed by atoms with Gasteiger partial charge in [0.25, 0.3) is 5.91 Å². The number of carbonyl (C=O) groups excluding carboxylic acids is 1. The van der Waals surface area contributed by atoms with Crippen molar-refractivity contribution in [2.75, 3.05) is 6.54 Å². The second kappa shape index (κ2) is 6.28. The molecule has 0 radical (unpaired) electrons. The molecule has 0 atom stereocenters. The maximum absolute atomic E-state index is 11.6. The Morgan fingerprint density at radius 2 is 2.29 bits per heavy atom. The van der Waals surface area contributed by atoms with Crippen molar-refractivity contribution >= 4 is 11.9 Å². The summed E-state index contributed by atoms with van der Waals surface area (Å²) in [6.45, 7) is 2.16. The number of aromatic nitrogens is 1. The van der Waals surface area contributed by atoms with Gasteiger partial charge in [0.05, 0.1) is 0 Å². The van der Waals surface area contributed by atoms with Gasteiger partial charge < -0.3 is 10.4 Å². The molecule has 5 nitrogen and oxygen atoms in total. The molecule has 1 aromatic rings. The van der Waals surface area contributed by atoms with Crippen LogP contribution in [0, 0.1) is 11.8 Å². The van der Waals surface area contributed by atoms with Gasteiger partial charge >= 0.3 is 5.97 Å². The predicted octanol–water partition coefficient (Wildman–Crippen LogP) is 0.923. The highest BCUT2D eigenvalue weighted by Crippen LogP contribution is 2.01. The van der Waals surface area contributed by atoms with Crippen LogP contribution >= 0.6 is 0 Å². The number of nitrogens with one attached hydrogen (secondary N) is 1. The van der Waals surface area contributed by atoms with Crippen molar-refractivity contribution in [2.24, 2.45) is 0 Å². The predicted molar refractivity (Wildman–Crippen MR) is 61.6 cm³/mol. The average molecular weight is 232 g/mol. The highest BCUT2D eigenvalue weighted by molar-refractivity contribution is 5.96. The van der Waals surface area contributed by atoms with Crippen molar-refractivity contribution in [3.05, 3.63) is 29.6 Å². The fourth-order valence-electron chi connectivity index (χ4n) is 1.15. The number of pyridine rings is 1. The summed E-state index contributed by atoms with van der Waals surface area (Å²) in [7, 11) is 0. The summed E-state index contributed by atoms with van der Waals surface area (Å²) in [4.78, 5) is 25.9. The topological polar surface area (TPSA) is 79.3 Å². The second-order valence-corrected chi connectivity index (χ2v) is 3.17. The molecule has 0 aliphatic carbocycles. The molecule has 1 heterocycles. The van der Waals surface area contributed by atoms with E-state index in [4.69, 9.17) is 5.11 Å². The number of carbonyl (C=O) groups is 2. The summed E-state index contributed by atoms with van der Waals surface area (Å²) in [5, 5.41) is 11.4. The summed E-state index contributed by atoms with van der Waals surface area (Å²) in [5.74, 6) is 4.05. The van der Waals surface area contributed by atoms with Gasteiger partial charge in [0.1, 0.15) is 5.69 Å². The minimum atomic E-state index is -1.16. The number of hydrogen-bond donors (Lipinski definition) is 2. The van der Waals surface area contributed by atoms with Crippen LogP contribution < -0.4 is 5.32 Å². The first-order valence-corrected chi connectivity index (χ1v) is 5.02. The van der Waals surface area contributed by atoms with E-state index in [0.29, 0.717) is 13.0 Å². The fraction of sp³-hybridized carbons (Fsp3) is 0.250. The molecule has 0 aliphatic rings. The Bertz CT molecular complexity index is 486. The quantitative estimate of drug-likeness (QED) is 0.597. The van der Waals surface area contributed by atoms with Crippen LogP contribution in [0.1, 0.15) is 34.2 Å². The van der Waals surface area contributed by atoms with Gasteiger partial charge in [0.2, 0.25) is 0 Å². The van der Waals surface area contributed by atoms with E-state index in [1.54, 1.807) is 6.92 Å². The molecule has 0 bridgehead atoms. The second-order valence-electron chi connectivity index (χ2n) is 3.17. The molecule has 1 aromatic heterocycles. The number of hydrogen-bond acceptors (Lipinski definition) is 3. The highest BCUT2D eigenvalue weighted by atomic mass is 16.4. The van der Waals surface area contributed by atoms with Crippen molar-refractivity contribution in [1.29, 1.82) is 0 Å². The zero-order valence-corrected chi connectivity index (χ0v) is 9.36. The lowest BCUT2D eigenvalue weighted by Gasteiger charge is -2.03. The molecule has 0 fully saturated rings. The molecule has 0 saturated carbocycles. The van der Waals surface area contributed by atoms with E-state index in [1.165, 1.54) is 18.3 Å². The molecule has 1 amide bonds. The number of carboxylic acids is 1. The first-order chi connectivity index (χ1) is 8.15. The van der Waals surface area contributed by atoms with E-state index < -0.39 is 5.97 Å². The van der Waals surface area contributed by atoms with Gasteiger partial charge in [0.15, 0.2) is 0 Å². The van der Waals surface area contributed by atoms with Crippen LogP contribution in [-0.2, 0) is 0 Å². The van der Waals surface area contributed by atoms with Crippen molar-refractivity contribution in [3.8, 4) is 11.8 Å². The summed E-state index contributed by atoms with van der Waals surface area (Å²) in [5.41, 5.74) is 0.132. The number of amides is 1. The van der Waals surface area contributed by atoms with E-state index in [1.807, 2.05) is 0 Å². The van der Waals surface area contributed by atoms with Gasteiger partial charge in [-0.2, -0.15) is 0 Å². The van der Waals surface area contributed by atoms with Crippen molar-refractivity contribution in [1.82, 2.24) is 10.3 Å². The lowest BCUT2D eigenvalue weighted by atomic mass is 10.2. The zero-order chi connectivity index (χ0) is 12.7. The third-order valence-electron chi connectivity index (χ3n) is 1.95. The Labute approximate surface area is 98.9 Å². The van der Waals surface area contributed by atoms with Crippen LogP contribution in [0.25, 0.3) is 0 Å². The molecule has 0 saturated heterocycles. The molecule has 1 rings (SSSR count). The van der Waals surface area contributed by atoms with E-state index in [9.17, 15) is 9.59 Å². The van der Waals surface area contributed by atoms with Crippen LogP contribution in [-0.4, -0.2) is 28.5 Å². The Hall–Kier alpha value is -2.35. The smallest absolute Gasteiger partial charge is 0.354 e. The molecule has 0 aromatic carbocycles. The average Bonchev–Trinajstić information content (AvgIpc) is 2.34. The Balaban J connectivity index is 2.64. The van der Waals surface area contributed by atoms with Crippen LogP contribution in [0.4, 0.5) is 0 Å². The minimum absolute atomic E-state index is 0.147. The normalized spacial score (nSPS) is 9.00. The number of aromatic carboxylic acids is 1. The summed E-state index contributed by atoms with van der Waals surface area (Å²) in [6, 6.07) is 2.70. The summed E-state index contributed by atoms with van der Waals surface area (Å²) >= 11 is 0. The third kappa shape index (κ3) is 3.95. The molecule has 17 heavy (non-hydrogen) atoms. The summed E-state index contributed by atoms with van der Waals surface area (Å²) in [6.07, 6.45) is 1.86. The van der Waals surface area contributed by atoms with Crippen molar-refractivity contribution in [2.45, 2.75) is 13.3 Å². The molecule has 0 spiro atoms. The van der Waals surface area contributed by atoms with E-state index in [0.717, 1.165) is 0 Å². The van der Waals surface area contributed by atoms with Gasteiger partial charge in [-0.3, -0.25) is 4.79 Å². The maximum Gasteiger partial charge on any atom is 0.354 e. The van der Waals surface area contributed by atoms with Crippen LogP contribution in [0.2, 0.25) is 0 Å². The van der Waals surface area contributed by atoms with E-state index in [2.05, 4.69) is 22.1 Å². The highest BCUT2D eigenvalue weighted by Gasteiger charge is 2.09. The zero-order valence-electron chi connectivity index (χ0n) is 9.36. The van der Waals surface area contributed by atoms with Crippen molar-refractivity contribution in [3.63, 3.8) is 0 Å². The minimum Gasteiger partial charge on any atom is -0.477 e. The molecule has 0 aliphatic heterocycles. The third-order valence-corrected chi connectivity index (χ3v) is 1.95. The molecular formula is C12H12N2O3. The van der Waals surface area contributed by atoms with Gasteiger partial charge in [-0.1, -0.05) is 0 Å². The number of carboxylic acid groups (broad SMARTS) is 1. The lowest BCUT2D eigenvalue weighted by molar-refractivity contribution is 0.0690. The first kappa shape index (κ1) is 12.7. The monoisotopic (exact) mass is 232 g/mol. The van der Waals surface area contributed by atoms with E-state index >= 15 is 0 Å². The first-order valence-electron chi connectivity index (χ1n) is 5.02. The van der Waals surface area contributed by atoms with Gasteiger partial charge in [0, 0.05) is 24.7 Å². The molecule has 88 valence electrons. The molecule has 2 N–H and O–H groups in total. The van der Waals surface area contributed by atoms with Crippen LogP contribution in [0.3, 0.4) is 0 Å². The Kier molecular flexibility index (Phi) is 4.70. The van der Waals surface area contributed by atoms with Crippen LogP contribution in [0.15, 0.2) is 18.3 Å². The Morgan fingerprint density at radius 1 is 1.53 bits per heavy atom. The summed E-state index contributed by atoms with van der Waals surface area (Å²) < 4.78 is 0. The van der Waals surface area contributed by atoms with Gasteiger partial charge in [-0.05, 0) is 19.1 Å². The lowest BCUT2D eigenvalue weighted by Crippen LogP contribution is -2.24. The SMILES string of the molecule is CC#CCCNC(=O)c1ccnc(C(=O)O)c1. The largest absolute Gasteiger partial charge is 0.477 e. The fourth-order valence-corrected chi connectivity index (χ4v) is 1.15.